The van der Waals surface area contributed by atoms with Gasteiger partial charge in [-0.15, -0.1) is 0 Å². The van der Waals surface area contributed by atoms with E-state index >= 15 is 0 Å². The second-order valence-corrected chi connectivity index (χ2v) is 3.50. The van der Waals surface area contributed by atoms with Crippen molar-refractivity contribution in [1.29, 1.82) is 0 Å². The summed E-state index contributed by atoms with van der Waals surface area (Å²) < 4.78 is 0. The zero-order valence-electron chi connectivity index (χ0n) is 8.35. The molecule has 6 nitrogen and oxygen atoms in total. The maximum absolute atomic E-state index is 11.6. The molecule has 1 unspecified atom stereocenters. The van der Waals surface area contributed by atoms with Gasteiger partial charge in [-0.3, -0.25) is 4.79 Å². The minimum Gasteiger partial charge on any atom is -0.480 e. The molecule has 0 aromatic carbocycles. The molecule has 1 fully saturated rings. The van der Waals surface area contributed by atoms with Gasteiger partial charge < -0.3 is 21.5 Å². The quantitative estimate of drug-likeness (QED) is 0.569. The molecular weight excluding hydrogens is 198 g/mol. The lowest BCUT2D eigenvalue weighted by atomic mass is 10.2. The van der Waals surface area contributed by atoms with Gasteiger partial charge in [0.25, 0.3) is 0 Å². The van der Waals surface area contributed by atoms with E-state index in [2.05, 4.69) is 0 Å². The minimum atomic E-state index is -0.962. The Bertz CT molecular complexity index is 301. The van der Waals surface area contributed by atoms with E-state index in [1.807, 2.05) is 0 Å². The molecule has 1 aliphatic heterocycles. The van der Waals surface area contributed by atoms with Crippen LogP contribution in [0.5, 0.6) is 0 Å². The molecule has 1 amide bonds. The molecule has 0 spiro atoms. The Hall–Kier alpha value is -1.72. The summed E-state index contributed by atoms with van der Waals surface area (Å²) in [5.74, 6) is -1.24. The van der Waals surface area contributed by atoms with Crippen LogP contribution in [0.15, 0.2) is 11.9 Å². The molecule has 1 saturated heterocycles. The number of carboxylic acids is 1. The first-order valence-electron chi connectivity index (χ1n) is 4.74. The molecule has 5 N–H and O–H groups in total. The zero-order valence-corrected chi connectivity index (χ0v) is 8.35. The molecule has 0 aliphatic carbocycles. The molecule has 0 radical (unpaired) electrons. The largest absolute Gasteiger partial charge is 0.480 e. The van der Waals surface area contributed by atoms with Crippen molar-refractivity contribution in [2.45, 2.75) is 25.3 Å². The third-order valence-electron chi connectivity index (χ3n) is 2.43. The fourth-order valence-electron chi connectivity index (χ4n) is 1.66. The van der Waals surface area contributed by atoms with Crippen LogP contribution in [0.1, 0.15) is 19.3 Å². The first kappa shape index (κ1) is 11.4. The van der Waals surface area contributed by atoms with E-state index in [-0.39, 0.29) is 18.0 Å². The molecule has 0 bridgehead atoms. The maximum atomic E-state index is 11.6. The van der Waals surface area contributed by atoms with Crippen LogP contribution >= 0.6 is 0 Å². The number of carbonyl (C=O) groups is 2. The summed E-state index contributed by atoms with van der Waals surface area (Å²) in [5, 5.41) is 8.86. The van der Waals surface area contributed by atoms with E-state index in [0.717, 1.165) is 12.6 Å². The molecule has 0 aromatic rings. The average Bonchev–Trinajstić information content (AvgIpc) is 2.65. The highest BCUT2D eigenvalue weighted by atomic mass is 16.4. The first-order valence-corrected chi connectivity index (χ1v) is 4.74. The molecule has 6 heteroatoms. The molecule has 1 rings (SSSR count). The summed E-state index contributed by atoms with van der Waals surface area (Å²) in [6.07, 6.45) is 2.37. The Labute approximate surface area is 87.5 Å². The first-order chi connectivity index (χ1) is 7.06. The number of carboxylic acid groups (broad SMARTS) is 1. The zero-order chi connectivity index (χ0) is 11.4. The second-order valence-electron chi connectivity index (χ2n) is 3.50. The number of likely N-dealkylation sites (tertiary alicyclic amines) is 1. The van der Waals surface area contributed by atoms with Crippen LogP contribution in [0.4, 0.5) is 0 Å². The van der Waals surface area contributed by atoms with Crippen molar-refractivity contribution in [2.24, 2.45) is 11.5 Å². The maximum Gasteiger partial charge on any atom is 0.326 e. The number of nitrogens with zero attached hydrogens (tertiary/aromatic N) is 1. The Morgan fingerprint density at radius 3 is 2.73 bits per heavy atom. The number of carbonyl (C=O) groups excluding carboxylic acids is 1. The van der Waals surface area contributed by atoms with Gasteiger partial charge in [-0.2, -0.15) is 0 Å². The van der Waals surface area contributed by atoms with Gasteiger partial charge in [-0.1, -0.05) is 0 Å². The molecule has 0 saturated carbocycles. The van der Waals surface area contributed by atoms with Crippen molar-refractivity contribution >= 4 is 11.9 Å². The van der Waals surface area contributed by atoms with Gasteiger partial charge in [0.1, 0.15) is 6.04 Å². The summed E-state index contributed by atoms with van der Waals surface area (Å²) in [7, 11) is 0. The van der Waals surface area contributed by atoms with Gasteiger partial charge in [-0.25, -0.2) is 4.79 Å². The average molecular weight is 213 g/mol. The van der Waals surface area contributed by atoms with Crippen molar-refractivity contribution in [3.8, 4) is 0 Å². The van der Waals surface area contributed by atoms with Crippen LogP contribution in [-0.2, 0) is 9.59 Å². The van der Waals surface area contributed by atoms with E-state index in [9.17, 15) is 9.59 Å². The lowest BCUT2D eigenvalue weighted by Crippen LogP contribution is -2.40. The standard InChI is InChI=1S/C9H15N3O3/c10-5-6(11)4-8(13)12-3-1-2-7(12)9(14)15/h5,7H,1-4,10-11H2,(H,14,15)/b6-5-. The number of amides is 1. The molecule has 84 valence electrons. The van der Waals surface area contributed by atoms with Crippen LogP contribution in [0.25, 0.3) is 0 Å². The monoisotopic (exact) mass is 213 g/mol. The molecular formula is C9H15N3O3. The molecule has 15 heavy (non-hydrogen) atoms. The Morgan fingerprint density at radius 1 is 1.53 bits per heavy atom. The fraction of sp³-hybridized carbons (Fsp3) is 0.556. The van der Waals surface area contributed by atoms with Crippen molar-refractivity contribution < 1.29 is 14.7 Å². The summed E-state index contributed by atoms with van der Waals surface area (Å²) in [5.41, 5.74) is 10.8. The van der Waals surface area contributed by atoms with E-state index < -0.39 is 12.0 Å². The topological polar surface area (TPSA) is 110 Å². The minimum absolute atomic E-state index is 0.0136. The summed E-state index contributed by atoms with van der Waals surface area (Å²) in [6, 6.07) is -0.705. The molecule has 1 atom stereocenters. The SMILES string of the molecule is N/C=C(\N)CC(=O)N1CCCC1C(=O)O. The van der Waals surface area contributed by atoms with Gasteiger partial charge in [0, 0.05) is 18.4 Å². The third-order valence-corrected chi connectivity index (χ3v) is 2.43. The van der Waals surface area contributed by atoms with Crippen molar-refractivity contribution in [3.05, 3.63) is 11.9 Å². The second kappa shape index (κ2) is 4.68. The van der Waals surface area contributed by atoms with E-state index in [0.29, 0.717) is 13.0 Å². The Balaban J connectivity index is 2.63. The number of hydrogen-bond donors (Lipinski definition) is 3. The van der Waals surface area contributed by atoms with Gasteiger partial charge >= 0.3 is 5.97 Å². The smallest absolute Gasteiger partial charge is 0.326 e. The van der Waals surface area contributed by atoms with E-state index in [4.69, 9.17) is 16.6 Å². The summed E-state index contributed by atoms with van der Waals surface area (Å²) in [4.78, 5) is 23.8. The van der Waals surface area contributed by atoms with Gasteiger partial charge in [0.2, 0.25) is 5.91 Å². The Morgan fingerprint density at radius 2 is 2.20 bits per heavy atom. The highest BCUT2D eigenvalue weighted by Crippen LogP contribution is 2.18. The van der Waals surface area contributed by atoms with Gasteiger partial charge in [0.15, 0.2) is 0 Å². The van der Waals surface area contributed by atoms with Crippen LogP contribution in [-0.4, -0.2) is 34.5 Å². The van der Waals surface area contributed by atoms with E-state index in [1.165, 1.54) is 4.90 Å². The number of hydrogen-bond acceptors (Lipinski definition) is 4. The highest BCUT2D eigenvalue weighted by molar-refractivity contribution is 5.85. The predicted molar refractivity (Wildman–Crippen MR) is 53.4 cm³/mol. The summed E-state index contributed by atoms with van der Waals surface area (Å²) in [6.45, 7) is 0.480. The highest BCUT2D eigenvalue weighted by Gasteiger charge is 2.33. The molecule has 1 heterocycles. The molecule has 1 aliphatic rings. The van der Waals surface area contributed by atoms with E-state index in [1.54, 1.807) is 0 Å². The van der Waals surface area contributed by atoms with Crippen molar-refractivity contribution in [2.75, 3.05) is 6.54 Å². The van der Waals surface area contributed by atoms with Crippen LogP contribution in [0.2, 0.25) is 0 Å². The van der Waals surface area contributed by atoms with Crippen LogP contribution in [0.3, 0.4) is 0 Å². The third kappa shape index (κ3) is 2.61. The molecule has 0 aromatic heterocycles. The number of aliphatic carboxylic acids is 1. The van der Waals surface area contributed by atoms with Crippen molar-refractivity contribution in [3.63, 3.8) is 0 Å². The number of nitrogens with two attached hydrogens (primary N) is 2. The predicted octanol–water partition coefficient (Wildman–Crippen LogP) is -0.789. The lowest BCUT2D eigenvalue weighted by Gasteiger charge is -2.21. The lowest BCUT2D eigenvalue weighted by molar-refractivity contribution is -0.148. The summed E-state index contributed by atoms with van der Waals surface area (Å²) >= 11 is 0. The number of rotatable bonds is 3. The fourth-order valence-corrected chi connectivity index (χ4v) is 1.66. The van der Waals surface area contributed by atoms with Gasteiger partial charge in [0.05, 0.1) is 6.42 Å². The van der Waals surface area contributed by atoms with Crippen LogP contribution < -0.4 is 11.5 Å². The van der Waals surface area contributed by atoms with Crippen LogP contribution in [0, 0.1) is 0 Å². The van der Waals surface area contributed by atoms with Crippen molar-refractivity contribution in [1.82, 2.24) is 4.90 Å². The van der Waals surface area contributed by atoms with Gasteiger partial charge in [-0.05, 0) is 12.8 Å². The normalized spacial score (nSPS) is 21.7. The Kier molecular flexibility index (Phi) is 3.54.